The zero-order chi connectivity index (χ0) is 20.9. The van der Waals surface area contributed by atoms with Gasteiger partial charge in [-0.25, -0.2) is 4.39 Å². The van der Waals surface area contributed by atoms with E-state index in [1.165, 1.54) is 18.2 Å². The summed E-state index contributed by atoms with van der Waals surface area (Å²) in [5, 5.41) is 0. The number of rotatable bonds is 2. The molecule has 1 saturated heterocycles. The predicted octanol–water partition coefficient (Wildman–Crippen LogP) is 2.21. The zero-order valence-corrected chi connectivity index (χ0v) is 15.6. The molecule has 0 aliphatic carbocycles. The highest BCUT2D eigenvalue weighted by Gasteiger charge is 2.43. The van der Waals surface area contributed by atoms with Gasteiger partial charge in [0.25, 0.3) is 0 Å². The lowest BCUT2D eigenvalue weighted by Crippen LogP contribution is -2.52. The number of nitrogens with zero attached hydrogens (tertiary/aromatic N) is 2. The maximum Gasteiger partial charge on any atom is 0.373 e. The van der Waals surface area contributed by atoms with E-state index in [1.807, 2.05) is 18.2 Å². The van der Waals surface area contributed by atoms with E-state index in [4.69, 9.17) is 14.3 Å². The van der Waals surface area contributed by atoms with Crippen molar-refractivity contribution in [3.63, 3.8) is 0 Å². The SMILES string of the molecule is O=C1CC2(CCN(C(=O)Cc3ccccn3)CC2)Oc2cc(F)ccc21.O=C=O. The molecule has 1 spiro atoms. The minimum absolute atomic E-state index is 0.0205. The van der Waals surface area contributed by atoms with E-state index in [1.54, 1.807) is 11.1 Å². The minimum Gasteiger partial charge on any atom is -0.486 e. The number of pyridine rings is 1. The van der Waals surface area contributed by atoms with Crippen molar-refractivity contribution in [3.05, 3.63) is 59.7 Å². The third-order valence-corrected chi connectivity index (χ3v) is 5.14. The number of likely N-dealkylation sites (tertiary alicyclic amines) is 1. The summed E-state index contributed by atoms with van der Waals surface area (Å²) in [6, 6.07) is 9.53. The first-order chi connectivity index (χ1) is 14.0. The molecule has 0 saturated carbocycles. The van der Waals surface area contributed by atoms with Gasteiger partial charge in [0.15, 0.2) is 5.78 Å². The van der Waals surface area contributed by atoms with E-state index < -0.39 is 11.4 Å². The van der Waals surface area contributed by atoms with Crippen molar-refractivity contribution >= 4 is 17.8 Å². The molecule has 0 atom stereocenters. The first kappa shape index (κ1) is 20.4. The second-order valence-electron chi connectivity index (χ2n) is 6.99. The molecule has 3 heterocycles. The van der Waals surface area contributed by atoms with E-state index >= 15 is 0 Å². The Labute approximate surface area is 166 Å². The van der Waals surface area contributed by atoms with Gasteiger partial charge in [-0.15, -0.1) is 0 Å². The maximum absolute atomic E-state index is 13.5. The topological polar surface area (TPSA) is 93.6 Å². The lowest BCUT2D eigenvalue weighted by Gasteiger charge is -2.44. The van der Waals surface area contributed by atoms with Crippen LogP contribution >= 0.6 is 0 Å². The lowest BCUT2D eigenvalue weighted by atomic mass is 9.82. The summed E-state index contributed by atoms with van der Waals surface area (Å²) in [5.74, 6) is -0.113. The quantitative estimate of drug-likeness (QED) is 0.770. The maximum atomic E-state index is 13.5. The van der Waals surface area contributed by atoms with E-state index in [-0.39, 0.29) is 30.7 Å². The molecule has 0 N–H and O–H groups in total. The summed E-state index contributed by atoms with van der Waals surface area (Å²) in [6.07, 6.45) is 3.58. The summed E-state index contributed by atoms with van der Waals surface area (Å²) in [6.45, 7) is 1.03. The van der Waals surface area contributed by atoms with Crippen molar-refractivity contribution in [2.75, 3.05) is 13.1 Å². The van der Waals surface area contributed by atoms with Crippen LogP contribution in [0.15, 0.2) is 42.6 Å². The fourth-order valence-corrected chi connectivity index (χ4v) is 3.68. The summed E-state index contributed by atoms with van der Waals surface area (Å²) in [5.41, 5.74) is 0.539. The number of amides is 1. The van der Waals surface area contributed by atoms with E-state index in [0.29, 0.717) is 37.2 Å². The summed E-state index contributed by atoms with van der Waals surface area (Å²) in [7, 11) is 0. The van der Waals surface area contributed by atoms with E-state index in [2.05, 4.69) is 4.98 Å². The van der Waals surface area contributed by atoms with Gasteiger partial charge in [0, 0.05) is 43.9 Å². The van der Waals surface area contributed by atoms with Gasteiger partial charge in [0.05, 0.1) is 18.4 Å². The molecular formula is C21H19FN2O5. The van der Waals surface area contributed by atoms with Gasteiger partial charge in [-0.1, -0.05) is 6.07 Å². The second-order valence-corrected chi connectivity index (χ2v) is 6.99. The predicted molar refractivity (Wildman–Crippen MR) is 97.5 cm³/mol. The number of ketones is 1. The van der Waals surface area contributed by atoms with Crippen molar-refractivity contribution in [3.8, 4) is 5.75 Å². The molecule has 8 heteroatoms. The molecule has 2 aliphatic rings. The molecule has 4 rings (SSSR count). The Morgan fingerprint density at radius 1 is 1.21 bits per heavy atom. The van der Waals surface area contributed by atoms with Crippen LogP contribution in [0.1, 0.15) is 35.3 Å². The largest absolute Gasteiger partial charge is 0.486 e. The van der Waals surface area contributed by atoms with Gasteiger partial charge in [0.2, 0.25) is 5.91 Å². The van der Waals surface area contributed by atoms with Gasteiger partial charge in [-0.3, -0.25) is 14.6 Å². The Morgan fingerprint density at radius 3 is 2.59 bits per heavy atom. The van der Waals surface area contributed by atoms with Crippen LogP contribution in [-0.4, -0.2) is 46.4 Å². The number of Topliss-reactive ketones (excluding diaryl/α,β-unsaturated/α-hetero) is 1. The Balaban J connectivity index is 0.000000755. The Kier molecular flexibility index (Phi) is 6.14. The van der Waals surface area contributed by atoms with Crippen molar-refractivity contribution in [2.45, 2.75) is 31.3 Å². The smallest absolute Gasteiger partial charge is 0.373 e. The van der Waals surface area contributed by atoms with Gasteiger partial charge < -0.3 is 9.64 Å². The first-order valence-corrected chi connectivity index (χ1v) is 9.15. The van der Waals surface area contributed by atoms with Crippen LogP contribution in [0.5, 0.6) is 5.75 Å². The average Bonchev–Trinajstić information content (AvgIpc) is 2.69. The van der Waals surface area contributed by atoms with Crippen LogP contribution in [0.2, 0.25) is 0 Å². The summed E-state index contributed by atoms with van der Waals surface area (Å²) in [4.78, 5) is 47.1. The molecule has 1 fully saturated rings. The first-order valence-electron chi connectivity index (χ1n) is 9.15. The highest BCUT2D eigenvalue weighted by Crippen LogP contribution is 2.39. The number of fused-ring (bicyclic) bond motifs is 1. The van der Waals surface area contributed by atoms with Gasteiger partial charge in [-0.2, -0.15) is 9.59 Å². The molecule has 7 nitrogen and oxygen atoms in total. The number of benzene rings is 1. The zero-order valence-electron chi connectivity index (χ0n) is 15.6. The molecule has 1 amide bonds. The number of hydrogen-bond donors (Lipinski definition) is 0. The molecule has 2 aliphatic heterocycles. The number of ether oxygens (including phenoxy) is 1. The number of piperidine rings is 1. The van der Waals surface area contributed by atoms with Gasteiger partial charge in [0.1, 0.15) is 17.2 Å². The molecule has 1 aromatic heterocycles. The molecule has 0 radical (unpaired) electrons. The van der Waals surface area contributed by atoms with Crippen molar-refractivity contribution in [1.82, 2.24) is 9.88 Å². The highest BCUT2D eigenvalue weighted by molar-refractivity contribution is 6.00. The Morgan fingerprint density at radius 2 is 1.93 bits per heavy atom. The average molecular weight is 398 g/mol. The number of carbonyl (C=O) groups excluding carboxylic acids is 4. The van der Waals surface area contributed by atoms with Crippen LogP contribution < -0.4 is 4.74 Å². The van der Waals surface area contributed by atoms with Crippen LogP contribution in [0.4, 0.5) is 4.39 Å². The minimum atomic E-state index is -0.639. The lowest BCUT2D eigenvalue weighted by molar-refractivity contribution is -0.191. The Bertz CT molecular complexity index is 933. The molecule has 0 bridgehead atoms. The molecule has 0 unspecified atom stereocenters. The fourth-order valence-electron chi connectivity index (χ4n) is 3.68. The molecule has 150 valence electrons. The van der Waals surface area contributed by atoms with Crippen molar-refractivity contribution in [1.29, 1.82) is 0 Å². The van der Waals surface area contributed by atoms with E-state index in [9.17, 15) is 14.0 Å². The van der Waals surface area contributed by atoms with Crippen LogP contribution in [0, 0.1) is 5.82 Å². The second kappa shape index (κ2) is 8.75. The van der Waals surface area contributed by atoms with Crippen LogP contribution in [0.3, 0.4) is 0 Å². The number of carbonyl (C=O) groups is 2. The Hall–Kier alpha value is -3.38. The van der Waals surface area contributed by atoms with Crippen molar-refractivity contribution < 1.29 is 28.3 Å². The number of halogens is 1. The van der Waals surface area contributed by atoms with Crippen molar-refractivity contribution in [2.24, 2.45) is 0 Å². The highest BCUT2D eigenvalue weighted by atomic mass is 19.1. The van der Waals surface area contributed by atoms with E-state index in [0.717, 1.165) is 5.69 Å². The molecule has 2 aromatic rings. The summed E-state index contributed by atoms with van der Waals surface area (Å²) >= 11 is 0. The fraction of sp³-hybridized carbons (Fsp3) is 0.333. The number of aromatic nitrogens is 1. The van der Waals surface area contributed by atoms with Gasteiger partial charge >= 0.3 is 6.15 Å². The monoisotopic (exact) mass is 398 g/mol. The third-order valence-electron chi connectivity index (χ3n) is 5.14. The molecular weight excluding hydrogens is 379 g/mol. The number of hydrogen-bond acceptors (Lipinski definition) is 6. The van der Waals surface area contributed by atoms with Crippen LogP contribution in [0.25, 0.3) is 0 Å². The summed E-state index contributed by atoms with van der Waals surface area (Å²) < 4.78 is 19.5. The van der Waals surface area contributed by atoms with Gasteiger partial charge in [-0.05, 0) is 24.3 Å². The molecule has 29 heavy (non-hydrogen) atoms. The van der Waals surface area contributed by atoms with Crippen LogP contribution in [-0.2, 0) is 20.8 Å². The standard InChI is InChI=1S/C20H19FN2O3.CO2/c21-14-4-5-16-17(24)13-20(26-18(16)11-14)6-9-23(10-7-20)19(25)12-15-3-1-2-8-22-15;2-1-3/h1-5,8,11H,6-7,9-10,12-13H2;. The third kappa shape index (κ3) is 4.73. The molecule has 1 aromatic carbocycles. The normalized spacial score (nSPS) is 16.7.